The Morgan fingerprint density at radius 3 is 2.62 bits per heavy atom. The lowest BCUT2D eigenvalue weighted by molar-refractivity contribution is -0.118. The van der Waals surface area contributed by atoms with Crippen LogP contribution in [0.25, 0.3) is 22.2 Å². The van der Waals surface area contributed by atoms with Crippen LogP contribution in [0.5, 0.6) is 5.75 Å². The van der Waals surface area contributed by atoms with E-state index in [4.69, 9.17) is 4.74 Å². The number of benzene rings is 3. The number of hydrogen-bond acceptors (Lipinski definition) is 3. The van der Waals surface area contributed by atoms with Crippen LogP contribution in [0.4, 0.5) is 10.1 Å². The third-order valence-corrected chi connectivity index (χ3v) is 4.46. The summed E-state index contributed by atoms with van der Waals surface area (Å²) in [5.41, 5.74) is 3.95. The topological polar surface area (TPSA) is 51.2 Å². The van der Waals surface area contributed by atoms with Gasteiger partial charge in [-0.2, -0.15) is 0 Å². The highest BCUT2D eigenvalue weighted by Gasteiger charge is 2.12. The zero-order valence-electron chi connectivity index (χ0n) is 15.9. The van der Waals surface area contributed by atoms with E-state index in [0.717, 1.165) is 11.1 Å². The molecule has 0 fully saturated rings. The second-order valence-electron chi connectivity index (χ2n) is 6.74. The Hall–Kier alpha value is -3.73. The summed E-state index contributed by atoms with van der Waals surface area (Å²) in [4.78, 5) is 16.9. The first-order valence-corrected chi connectivity index (χ1v) is 9.23. The first-order chi connectivity index (χ1) is 14.1. The number of halogens is 1. The van der Waals surface area contributed by atoms with Crippen LogP contribution in [0.3, 0.4) is 0 Å². The van der Waals surface area contributed by atoms with Crippen molar-refractivity contribution in [2.24, 2.45) is 0 Å². The number of pyridine rings is 1. The Balaban J connectivity index is 1.61. The smallest absolute Gasteiger partial charge is 0.262 e. The Kier molecular flexibility index (Phi) is 5.20. The molecule has 1 aromatic heterocycles. The third kappa shape index (κ3) is 4.41. The first-order valence-electron chi connectivity index (χ1n) is 9.23. The van der Waals surface area contributed by atoms with Gasteiger partial charge in [0.15, 0.2) is 6.61 Å². The number of ether oxygens (including phenoxy) is 1. The summed E-state index contributed by atoms with van der Waals surface area (Å²) in [7, 11) is 0. The summed E-state index contributed by atoms with van der Waals surface area (Å²) in [6.07, 6.45) is 0. The molecule has 3 aromatic carbocycles. The van der Waals surface area contributed by atoms with Crippen LogP contribution < -0.4 is 10.1 Å². The van der Waals surface area contributed by atoms with E-state index in [0.29, 0.717) is 28.0 Å². The van der Waals surface area contributed by atoms with E-state index in [1.165, 1.54) is 12.1 Å². The van der Waals surface area contributed by atoms with Gasteiger partial charge in [-0.05, 0) is 42.8 Å². The maximum Gasteiger partial charge on any atom is 0.262 e. The zero-order valence-corrected chi connectivity index (χ0v) is 15.9. The second-order valence-corrected chi connectivity index (χ2v) is 6.74. The van der Waals surface area contributed by atoms with E-state index in [9.17, 15) is 9.18 Å². The molecule has 0 saturated heterocycles. The summed E-state index contributed by atoms with van der Waals surface area (Å²) >= 11 is 0. The largest absolute Gasteiger partial charge is 0.483 e. The number of amides is 1. The van der Waals surface area contributed by atoms with Crippen LogP contribution in [0.2, 0.25) is 0 Å². The molecule has 4 aromatic rings. The number of anilines is 1. The van der Waals surface area contributed by atoms with Gasteiger partial charge in [0.2, 0.25) is 0 Å². The van der Waals surface area contributed by atoms with Gasteiger partial charge in [0.05, 0.1) is 11.2 Å². The predicted octanol–water partition coefficient (Wildman–Crippen LogP) is 5.37. The molecule has 5 heteroatoms. The fraction of sp³-hybridized carbons (Fsp3) is 0.0833. The Labute approximate surface area is 168 Å². The molecule has 144 valence electrons. The highest BCUT2D eigenvalue weighted by molar-refractivity contribution is 5.93. The van der Waals surface area contributed by atoms with Crippen molar-refractivity contribution in [3.8, 4) is 17.0 Å². The summed E-state index contributed by atoms with van der Waals surface area (Å²) in [5, 5.41) is 3.33. The predicted molar refractivity (Wildman–Crippen MR) is 112 cm³/mol. The molecule has 4 rings (SSSR count). The number of nitrogens with zero attached hydrogens (tertiary/aromatic N) is 1. The average Bonchev–Trinajstić information content (AvgIpc) is 2.72. The molecule has 0 bridgehead atoms. The summed E-state index contributed by atoms with van der Waals surface area (Å²) in [6.45, 7) is 1.76. The fourth-order valence-electron chi connectivity index (χ4n) is 3.11. The normalized spacial score (nSPS) is 10.7. The van der Waals surface area contributed by atoms with Gasteiger partial charge in [-0.15, -0.1) is 0 Å². The van der Waals surface area contributed by atoms with Gasteiger partial charge in [0.1, 0.15) is 11.6 Å². The first kappa shape index (κ1) is 18.6. The number of aromatic nitrogens is 1. The molecule has 0 spiro atoms. The van der Waals surface area contributed by atoms with Gasteiger partial charge in [0, 0.05) is 22.7 Å². The van der Waals surface area contributed by atoms with Gasteiger partial charge < -0.3 is 10.1 Å². The molecule has 4 nitrogen and oxygen atoms in total. The molecule has 0 atom stereocenters. The third-order valence-electron chi connectivity index (χ3n) is 4.46. The van der Waals surface area contributed by atoms with E-state index in [2.05, 4.69) is 10.3 Å². The van der Waals surface area contributed by atoms with Gasteiger partial charge >= 0.3 is 0 Å². The van der Waals surface area contributed by atoms with Crippen LogP contribution >= 0.6 is 0 Å². The molecule has 0 aliphatic rings. The van der Waals surface area contributed by atoms with Crippen LogP contribution in [0.1, 0.15) is 5.56 Å². The molecule has 0 radical (unpaired) electrons. The summed E-state index contributed by atoms with van der Waals surface area (Å²) in [6, 6.07) is 23.2. The molecule has 1 N–H and O–H groups in total. The van der Waals surface area contributed by atoms with Crippen molar-refractivity contribution < 1.29 is 13.9 Å². The van der Waals surface area contributed by atoms with Crippen LogP contribution in [0, 0.1) is 12.7 Å². The zero-order chi connectivity index (χ0) is 20.2. The molecular formula is C24H19FN2O2. The molecule has 1 heterocycles. The number of fused-ring (bicyclic) bond motifs is 1. The van der Waals surface area contributed by atoms with Crippen LogP contribution in [0.15, 0.2) is 78.9 Å². The average molecular weight is 386 g/mol. The second kappa shape index (κ2) is 8.10. The lowest BCUT2D eigenvalue weighted by Gasteiger charge is -2.12. The number of carbonyl (C=O) groups excluding carboxylic acids is 1. The van der Waals surface area contributed by atoms with Crippen LogP contribution in [-0.2, 0) is 4.79 Å². The maximum absolute atomic E-state index is 13.8. The summed E-state index contributed by atoms with van der Waals surface area (Å²) in [5.74, 6) is -0.271. The summed E-state index contributed by atoms with van der Waals surface area (Å²) < 4.78 is 19.6. The molecule has 0 aliphatic carbocycles. The lowest BCUT2D eigenvalue weighted by atomic mass is 10.1. The molecule has 0 unspecified atom stereocenters. The number of hydrogen-bond donors (Lipinski definition) is 1. The minimum atomic E-state index is -0.388. The van der Waals surface area contributed by atoms with Gasteiger partial charge in [-0.25, -0.2) is 9.37 Å². The molecule has 0 saturated carbocycles. The van der Waals surface area contributed by atoms with E-state index in [1.54, 1.807) is 12.1 Å². The highest BCUT2D eigenvalue weighted by Crippen LogP contribution is 2.30. The van der Waals surface area contributed by atoms with E-state index in [-0.39, 0.29) is 18.3 Å². The highest BCUT2D eigenvalue weighted by atomic mass is 19.1. The van der Waals surface area contributed by atoms with E-state index in [1.807, 2.05) is 61.5 Å². The van der Waals surface area contributed by atoms with Crippen molar-refractivity contribution in [2.75, 3.05) is 11.9 Å². The number of nitrogens with one attached hydrogen (secondary N) is 1. The molecule has 0 aliphatic heterocycles. The Morgan fingerprint density at radius 1 is 1.00 bits per heavy atom. The van der Waals surface area contributed by atoms with Gasteiger partial charge in [0.25, 0.3) is 5.91 Å². The fourth-order valence-corrected chi connectivity index (χ4v) is 3.11. The number of rotatable bonds is 5. The number of aryl methyl sites for hydroxylation is 1. The van der Waals surface area contributed by atoms with Crippen molar-refractivity contribution >= 4 is 22.5 Å². The van der Waals surface area contributed by atoms with E-state index < -0.39 is 0 Å². The standard InChI is InChI=1S/C24H19FN2O2/c1-16-6-5-9-19(12-16)26-24(28)15-29-23-14-22(17-7-3-2-4-8-17)27-21-11-10-18(25)13-20(21)23/h2-14H,15H2,1H3,(H,26,28). The van der Waals surface area contributed by atoms with Crippen molar-refractivity contribution in [2.45, 2.75) is 6.92 Å². The lowest BCUT2D eigenvalue weighted by Crippen LogP contribution is -2.20. The monoisotopic (exact) mass is 386 g/mol. The molecule has 29 heavy (non-hydrogen) atoms. The van der Waals surface area contributed by atoms with Crippen molar-refractivity contribution in [1.82, 2.24) is 4.98 Å². The van der Waals surface area contributed by atoms with Gasteiger partial charge in [-0.3, -0.25) is 4.79 Å². The Morgan fingerprint density at radius 2 is 1.83 bits per heavy atom. The van der Waals surface area contributed by atoms with Crippen molar-refractivity contribution in [3.05, 3.63) is 90.2 Å². The quantitative estimate of drug-likeness (QED) is 0.502. The maximum atomic E-state index is 13.8. The minimum Gasteiger partial charge on any atom is -0.483 e. The van der Waals surface area contributed by atoms with Crippen molar-refractivity contribution in [3.63, 3.8) is 0 Å². The SMILES string of the molecule is Cc1cccc(NC(=O)COc2cc(-c3ccccc3)nc3ccc(F)cc23)c1. The molecule has 1 amide bonds. The minimum absolute atomic E-state index is 0.197. The van der Waals surface area contributed by atoms with E-state index >= 15 is 0 Å². The van der Waals surface area contributed by atoms with Crippen molar-refractivity contribution in [1.29, 1.82) is 0 Å². The molecular weight excluding hydrogens is 367 g/mol. The van der Waals surface area contributed by atoms with Gasteiger partial charge in [-0.1, -0.05) is 42.5 Å². The Bertz CT molecular complexity index is 1180. The van der Waals surface area contributed by atoms with Crippen LogP contribution in [-0.4, -0.2) is 17.5 Å². The number of carbonyl (C=O) groups is 1.